The molecule has 2 heterocycles. The number of thiol groups is 1. The molecule has 1 aromatic carbocycles. The quantitative estimate of drug-likeness (QED) is 0.387. The molecule has 0 amide bonds. The number of ether oxygens (including phenoxy) is 1. The third kappa shape index (κ3) is 4.80. The van der Waals surface area contributed by atoms with Crippen molar-refractivity contribution in [1.82, 2.24) is 9.99 Å². The lowest BCUT2D eigenvalue weighted by atomic mass is 10.1. The van der Waals surface area contributed by atoms with E-state index in [9.17, 15) is 20.2 Å². The number of hydrazine groups is 1. The zero-order valence-electron chi connectivity index (χ0n) is 17.5. The van der Waals surface area contributed by atoms with Crippen LogP contribution in [0, 0.1) is 27.2 Å². The van der Waals surface area contributed by atoms with Gasteiger partial charge in [-0.15, -0.1) is 0 Å². The third-order valence-corrected chi connectivity index (χ3v) is 5.72. The first-order valence-corrected chi connectivity index (χ1v) is 10.1. The molecule has 11 nitrogen and oxygen atoms in total. The number of nitrogens with zero attached hydrogens (tertiary/aromatic N) is 6. The van der Waals surface area contributed by atoms with E-state index in [4.69, 9.17) is 4.74 Å². The molecule has 1 fully saturated rings. The Labute approximate surface area is 185 Å². The van der Waals surface area contributed by atoms with Gasteiger partial charge in [0.2, 0.25) is 5.88 Å². The van der Waals surface area contributed by atoms with Gasteiger partial charge >= 0.3 is 0 Å². The smallest absolute Gasteiger partial charge is 0.278 e. The molecule has 12 heteroatoms. The van der Waals surface area contributed by atoms with Crippen molar-refractivity contribution in [2.24, 2.45) is 0 Å². The Morgan fingerprint density at radius 2 is 1.68 bits per heavy atom. The summed E-state index contributed by atoms with van der Waals surface area (Å²) >= 11 is 4.65. The molecule has 1 aliphatic rings. The maximum atomic E-state index is 11.2. The number of anilines is 2. The van der Waals surface area contributed by atoms with E-state index in [1.165, 1.54) is 12.1 Å². The summed E-state index contributed by atoms with van der Waals surface area (Å²) in [7, 11) is 1.56. The highest BCUT2D eigenvalue weighted by Gasteiger charge is 2.26. The van der Waals surface area contributed by atoms with Crippen molar-refractivity contribution in [3.63, 3.8) is 0 Å². The zero-order chi connectivity index (χ0) is 22.7. The molecule has 2 aromatic rings. The van der Waals surface area contributed by atoms with Crippen LogP contribution in [0.5, 0.6) is 5.88 Å². The fourth-order valence-corrected chi connectivity index (χ4v) is 3.86. The summed E-state index contributed by atoms with van der Waals surface area (Å²) in [6.07, 6.45) is 0.830. The summed E-state index contributed by atoms with van der Waals surface area (Å²) in [6.45, 7) is 6.12. The van der Waals surface area contributed by atoms with Crippen LogP contribution in [0.1, 0.15) is 18.2 Å². The van der Waals surface area contributed by atoms with E-state index in [0.29, 0.717) is 37.7 Å². The van der Waals surface area contributed by atoms with Crippen molar-refractivity contribution < 1.29 is 14.6 Å². The summed E-state index contributed by atoms with van der Waals surface area (Å²) in [5.41, 5.74) is 2.58. The normalized spacial score (nSPS) is 14.4. The van der Waals surface area contributed by atoms with Gasteiger partial charge in [-0.3, -0.25) is 20.2 Å². The second-order valence-electron chi connectivity index (χ2n) is 7.07. The number of methoxy groups -OCH3 is 1. The van der Waals surface area contributed by atoms with Crippen molar-refractivity contribution in [1.29, 1.82) is 0 Å². The predicted molar refractivity (Wildman–Crippen MR) is 120 cm³/mol. The zero-order valence-corrected chi connectivity index (χ0v) is 18.4. The van der Waals surface area contributed by atoms with E-state index in [2.05, 4.69) is 24.7 Å². The molecular formula is C19H24N6O5S. The summed E-state index contributed by atoms with van der Waals surface area (Å²) in [5.74, 6) is 0.474. The van der Waals surface area contributed by atoms with Crippen LogP contribution < -0.4 is 14.1 Å². The second-order valence-corrected chi connectivity index (χ2v) is 7.45. The number of benzene rings is 1. The fourth-order valence-electron chi connectivity index (χ4n) is 3.53. The van der Waals surface area contributed by atoms with Gasteiger partial charge in [0, 0.05) is 44.0 Å². The van der Waals surface area contributed by atoms with Gasteiger partial charge in [-0.25, -0.2) is 14.4 Å². The van der Waals surface area contributed by atoms with E-state index in [-0.39, 0.29) is 11.4 Å². The minimum absolute atomic E-state index is 0.301. The number of rotatable bonds is 7. The average molecular weight is 449 g/mol. The minimum atomic E-state index is -0.621. The Morgan fingerprint density at radius 1 is 1.10 bits per heavy atom. The second kappa shape index (κ2) is 9.35. The Balaban J connectivity index is 1.78. The first-order valence-electron chi connectivity index (χ1n) is 9.72. The highest BCUT2D eigenvalue weighted by Crippen LogP contribution is 2.33. The number of hydrogen-bond acceptors (Lipinski definition) is 10. The predicted octanol–water partition coefficient (Wildman–Crippen LogP) is 3.17. The van der Waals surface area contributed by atoms with Crippen LogP contribution in [0.15, 0.2) is 24.3 Å². The fraction of sp³-hybridized carbons (Fsp3) is 0.421. The lowest BCUT2D eigenvalue weighted by Crippen LogP contribution is -2.51. The van der Waals surface area contributed by atoms with Crippen molar-refractivity contribution in [3.05, 3.63) is 55.8 Å². The Bertz CT molecular complexity index is 964. The molecular weight excluding hydrogens is 424 g/mol. The molecule has 0 radical (unpaired) electrons. The molecule has 1 saturated heterocycles. The van der Waals surface area contributed by atoms with Crippen molar-refractivity contribution in [3.8, 4) is 5.88 Å². The van der Waals surface area contributed by atoms with Crippen LogP contribution in [-0.2, 0) is 6.42 Å². The molecule has 0 unspecified atom stereocenters. The Kier molecular flexibility index (Phi) is 6.81. The van der Waals surface area contributed by atoms with Crippen LogP contribution in [0.3, 0.4) is 0 Å². The highest BCUT2D eigenvalue weighted by molar-refractivity contribution is 7.81. The highest BCUT2D eigenvalue weighted by atomic mass is 32.1. The van der Waals surface area contributed by atoms with Gasteiger partial charge in [-0.1, -0.05) is 6.92 Å². The molecule has 0 aliphatic carbocycles. The first-order chi connectivity index (χ1) is 14.7. The lowest BCUT2D eigenvalue weighted by molar-refractivity contribution is -0.394. The van der Waals surface area contributed by atoms with Gasteiger partial charge in [0.1, 0.15) is 5.69 Å². The van der Waals surface area contributed by atoms with Gasteiger partial charge in [-0.05, 0) is 37.8 Å². The number of nitro benzene ring substituents is 2. The summed E-state index contributed by atoms with van der Waals surface area (Å²) in [6, 6.07) is 5.70. The van der Waals surface area contributed by atoms with Gasteiger partial charge in [0.25, 0.3) is 11.4 Å². The molecule has 0 spiro atoms. The molecule has 1 aromatic heterocycles. The maximum absolute atomic E-state index is 11.2. The van der Waals surface area contributed by atoms with E-state index in [0.717, 1.165) is 29.4 Å². The molecule has 0 bridgehead atoms. The van der Waals surface area contributed by atoms with Crippen molar-refractivity contribution in [2.75, 3.05) is 42.6 Å². The molecule has 31 heavy (non-hydrogen) atoms. The molecule has 1 aliphatic heterocycles. The van der Waals surface area contributed by atoms with Crippen LogP contribution in [0.4, 0.5) is 22.7 Å². The Hall–Kier alpha value is -3.12. The van der Waals surface area contributed by atoms with Gasteiger partial charge in [0.15, 0.2) is 0 Å². The number of aryl methyl sites for hydroxylation is 2. The van der Waals surface area contributed by atoms with E-state index < -0.39 is 9.85 Å². The summed E-state index contributed by atoms with van der Waals surface area (Å²) < 4.78 is 7.14. The molecule has 3 rings (SSSR count). The van der Waals surface area contributed by atoms with Crippen molar-refractivity contribution in [2.45, 2.75) is 20.3 Å². The number of nitro groups is 2. The average Bonchev–Trinajstić information content (AvgIpc) is 2.78. The van der Waals surface area contributed by atoms with E-state index >= 15 is 0 Å². The van der Waals surface area contributed by atoms with Crippen LogP contribution in [0.25, 0.3) is 0 Å². The number of non-ortho nitro benzene ring substituents is 2. The standard InChI is InChI=1S/C19H24N6O5S/c1-4-14-9-18(19(30-3)20-13(14)2)23(31)22-7-5-21(6-8-22)15-10-16(24(26)27)12-17(11-15)25(28)29/h9-12,31H,4-8H2,1-3H3. The molecule has 166 valence electrons. The maximum Gasteiger partial charge on any atom is 0.278 e. The van der Waals surface area contributed by atoms with Crippen molar-refractivity contribution >= 4 is 35.6 Å². The summed E-state index contributed by atoms with van der Waals surface area (Å²) in [4.78, 5) is 27.5. The van der Waals surface area contributed by atoms with Gasteiger partial charge in [0.05, 0.1) is 28.7 Å². The molecule has 0 N–H and O–H groups in total. The monoisotopic (exact) mass is 448 g/mol. The lowest BCUT2D eigenvalue weighted by Gasteiger charge is -2.40. The van der Waals surface area contributed by atoms with Crippen LogP contribution in [-0.4, -0.2) is 53.1 Å². The third-order valence-electron chi connectivity index (χ3n) is 5.25. The molecule has 0 atom stereocenters. The molecule has 0 saturated carbocycles. The van der Waals surface area contributed by atoms with Crippen LogP contribution in [0.2, 0.25) is 0 Å². The minimum Gasteiger partial charge on any atom is -0.479 e. The van der Waals surface area contributed by atoms with Gasteiger partial charge in [-0.2, -0.15) is 0 Å². The largest absolute Gasteiger partial charge is 0.479 e. The van der Waals surface area contributed by atoms with Crippen LogP contribution >= 0.6 is 12.8 Å². The number of pyridine rings is 1. The topological polar surface area (TPSA) is 118 Å². The van der Waals surface area contributed by atoms with Gasteiger partial charge < -0.3 is 9.64 Å². The Morgan fingerprint density at radius 3 is 2.16 bits per heavy atom. The first kappa shape index (κ1) is 22.6. The number of hydrogen-bond donors (Lipinski definition) is 1. The SMILES string of the molecule is CCc1cc(N(S)N2CCN(c3cc([N+](=O)[O-])cc([N+](=O)[O-])c3)CC2)c(OC)nc1C. The number of aromatic nitrogens is 1. The summed E-state index contributed by atoms with van der Waals surface area (Å²) in [5, 5.41) is 24.3. The van der Waals surface area contributed by atoms with E-state index in [1.807, 2.05) is 22.9 Å². The van der Waals surface area contributed by atoms with E-state index in [1.54, 1.807) is 11.5 Å². The number of piperazine rings is 1.